The number of amides is 1. The van der Waals surface area contributed by atoms with Gasteiger partial charge in [-0.1, -0.05) is 56.3 Å². The van der Waals surface area contributed by atoms with Crippen LogP contribution in [0.1, 0.15) is 25.5 Å². The maximum Gasteiger partial charge on any atom is 0.238 e. The summed E-state index contributed by atoms with van der Waals surface area (Å²) in [7, 11) is 1.59. The number of rotatable bonds is 7. The highest BCUT2D eigenvalue weighted by molar-refractivity contribution is 5.93. The second-order valence-electron chi connectivity index (χ2n) is 5.76. The summed E-state index contributed by atoms with van der Waals surface area (Å²) in [4.78, 5) is 12.2. The van der Waals surface area contributed by atoms with E-state index in [0.717, 1.165) is 0 Å². The molecule has 0 saturated carbocycles. The average molecular weight is 312 g/mol. The molecular weight excluding hydrogens is 288 g/mol. The minimum atomic E-state index is -0.0870. The lowest BCUT2D eigenvalue weighted by atomic mass is 9.96. The van der Waals surface area contributed by atoms with Gasteiger partial charge in [0.25, 0.3) is 0 Å². The van der Waals surface area contributed by atoms with Crippen molar-refractivity contribution in [2.75, 3.05) is 19.0 Å². The van der Waals surface area contributed by atoms with Crippen molar-refractivity contribution in [1.29, 1.82) is 0 Å². The molecule has 1 atom stereocenters. The SMILES string of the molecule is COc1ccccc1NC(=O)CN[C@@H](c1ccccc1)C(C)C. The molecule has 4 heteroatoms. The molecule has 1 amide bonds. The van der Waals surface area contributed by atoms with Gasteiger partial charge in [-0.3, -0.25) is 4.79 Å². The van der Waals surface area contributed by atoms with E-state index >= 15 is 0 Å². The van der Waals surface area contributed by atoms with Crippen molar-refractivity contribution in [3.63, 3.8) is 0 Å². The number of para-hydroxylation sites is 2. The Morgan fingerprint density at radius 1 is 1.04 bits per heavy atom. The van der Waals surface area contributed by atoms with Gasteiger partial charge in [-0.15, -0.1) is 0 Å². The van der Waals surface area contributed by atoms with E-state index in [1.165, 1.54) is 5.56 Å². The number of nitrogens with one attached hydrogen (secondary N) is 2. The van der Waals surface area contributed by atoms with Crippen LogP contribution in [-0.4, -0.2) is 19.6 Å². The Morgan fingerprint density at radius 2 is 1.70 bits per heavy atom. The van der Waals surface area contributed by atoms with E-state index in [2.05, 4.69) is 36.6 Å². The molecule has 0 bridgehead atoms. The Morgan fingerprint density at radius 3 is 2.35 bits per heavy atom. The zero-order chi connectivity index (χ0) is 16.7. The first-order valence-electron chi connectivity index (χ1n) is 7.83. The third kappa shape index (κ3) is 4.83. The summed E-state index contributed by atoms with van der Waals surface area (Å²) in [5.74, 6) is 0.955. The Balaban J connectivity index is 1.97. The van der Waals surface area contributed by atoms with Crippen LogP contribution in [0.2, 0.25) is 0 Å². The molecule has 2 aromatic carbocycles. The zero-order valence-electron chi connectivity index (χ0n) is 13.9. The monoisotopic (exact) mass is 312 g/mol. The van der Waals surface area contributed by atoms with Gasteiger partial charge in [0.15, 0.2) is 0 Å². The van der Waals surface area contributed by atoms with Crippen LogP contribution in [0.3, 0.4) is 0 Å². The number of anilines is 1. The summed E-state index contributed by atoms with van der Waals surface area (Å²) in [6.07, 6.45) is 0. The second-order valence-corrected chi connectivity index (χ2v) is 5.76. The third-order valence-corrected chi connectivity index (χ3v) is 3.69. The molecule has 0 aromatic heterocycles. The van der Waals surface area contributed by atoms with Gasteiger partial charge in [0, 0.05) is 6.04 Å². The van der Waals surface area contributed by atoms with E-state index in [0.29, 0.717) is 17.4 Å². The summed E-state index contributed by atoms with van der Waals surface area (Å²) in [5.41, 5.74) is 1.87. The molecule has 0 unspecified atom stereocenters. The van der Waals surface area contributed by atoms with Crippen molar-refractivity contribution in [3.8, 4) is 5.75 Å². The van der Waals surface area contributed by atoms with Crippen LogP contribution in [0.5, 0.6) is 5.75 Å². The molecule has 23 heavy (non-hydrogen) atoms. The van der Waals surface area contributed by atoms with Crippen molar-refractivity contribution in [1.82, 2.24) is 5.32 Å². The van der Waals surface area contributed by atoms with E-state index in [-0.39, 0.29) is 18.5 Å². The Bertz CT molecular complexity index is 626. The van der Waals surface area contributed by atoms with Crippen molar-refractivity contribution in [3.05, 3.63) is 60.2 Å². The van der Waals surface area contributed by atoms with Gasteiger partial charge >= 0.3 is 0 Å². The number of carbonyl (C=O) groups is 1. The second kappa shape index (κ2) is 8.34. The highest BCUT2D eigenvalue weighted by Gasteiger charge is 2.16. The maximum atomic E-state index is 12.2. The summed E-state index contributed by atoms with van der Waals surface area (Å²) in [5, 5.41) is 6.22. The van der Waals surface area contributed by atoms with E-state index < -0.39 is 0 Å². The first-order valence-corrected chi connectivity index (χ1v) is 7.83. The van der Waals surface area contributed by atoms with Crippen molar-refractivity contribution < 1.29 is 9.53 Å². The first-order chi connectivity index (χ1) is 11.1. The quantitative estimate of drug-likeness (QED) is 0.821. The molecule has 0 aliphatic carbocycles. The van der Waals surface area contributed by atoms with Gasteiger partial charge in [-0.25, -0.2) is 0 Å². The molecule has 2 aromatic rings. The average Bonchev–Trinajstić information content (AvgIpc) is 2.56. The Labute approximate surface area is 137 Å². The molecule has 2 N–H and O–H groups in total. The van der Waals surface area contributed by atoms with Crippen molar-refractivity contribution in [2.45, 2.75) is 19.9 Å². The molecular formula is C19H24N2O2. The van der Waals surface area contributed by atoms with Gasteiger partial charge in [-0.05, 0) is 23.6 Å². The molecule has 0 heterocycles. The fourth-order valence-corrected chi connectivity index (χ4v) is 2.54. The van der Waals surface area contributed by atoms with Crippen molar-refractivity contribution in [2.24, 2.45) is 5.92 Å². The van der Waals surface area contributed by atoms with Gasteiger partial charge < -0.3 is 15.4 Å². The van der Waals surface area contributed by atoms with Crippen molar-refractivity contribution >= 4 is 11.6 Å². The summed E-state index contributed by atoms with van der Waals surface area (Å²) in [6.45, 7) is 4.53. The lowest BCUT2D eigenvalue weighted by molar-refractivity contribution is -0.115. The zero-order valence-corrected chi connectivity index (χ0v) is 13.9. The van der Waals surface area contributed by atoms with Crippen LogP contribution in [-0.2, 0) is 4.79 Å². The van der Waals surface area contributed by atoms with E-state index in [1.54, 1.807) is 7.11 Å². The fourth-order valence-electron chi connectivity index (χ4n) is 2.54. The predicted octanol–water partition coefficient (Wildman–Crippen LogP) is 3.62. The first kappa shape index (κ1) is 17.0. The topological polar surface area (TPSA) is 50.4 Å². The maximum absolute atomic E-state index is 12.2. The molecule has 0 saturated heterocycles. The number of methoxy groups -OCH3 is 1. The molecule has 0 aliphatic heterocycles. The minimum absolute atomic E-state index is 0.0870. The predicted molar refractivity (Wildman–Crippen MR) is 93.6 cm³/mol. The molecule has 122 valence electrons. The van der Waals surface area contributed by atoms with Crippen LogP contribution >= 0.6 is 0 Å². The van der Waals surface area contributed by atoms with E-state index in [1.807, 2.05) is 42.5 Å². The highest BCUT2D eigenvalue weighted by atomic mass is 16.5. The lowest BCUT2D eigenvalue weighted by Crippen LogP contribution is -2.33. The van der Waals surface area contributed by atoms with Gasteiger partial charge in [0.05, 0.1) is 19.3 Å². The smallest absolute Gasteiger partial charge is 0.238 e. The van der Waals surface area contributed by atoms with Crippen LogP contribution < -0.4 is 15.4 Å². The van der Waals surface area contributed by atoms with Crippen LogP contribution in [0.25, 0.3) is 0 Å². The standard InChI is InChI=1S/C19H24N2O2/c1-14(2)19(15-9-5-4-6-10-15)20-13-18(22)21-16-11-7-8-12-17(16)23-3/h4-12,14,19-20H,13H2,1-3H3,(H,21,22)/t19-/m1/s1. The summed E-state index contributed by atoms with van der Waals surface area (Å²) >= 11 is 0. The number of ether oxygens (including phenoxy) is 1. The number of carbonyl (C=O) groups excluding carboxylic acids is 1. The summed E-state index contributed by atoms with van der Waals surface area (Å²) in [6, 6.07) is 17.7. The number of hydrogen-bond donors (Lipinski definition) is 2. The number of hydrogen-bond acceptors (Lipinski definition) is 3. The minimum Gasteiger partial charge on any atom is -0.495 e. The van der Waals surface area contributed by atoms with Gasteiger partial charge in [0.2, 0.25) is 5.91 Å². The normalized spacial score (nSPS) is 12.0. The molecule has 2 rings (SSSR count). The van der Waals surface area contributed by atoms with Gasteiger partial charge in [-0.2, -0.15) is 0 Å². The molecule has 0 fully saturated rings. The van der Waals surface area contributed by atoms with Gasteiger partial charge in [0.1, 0.15) is 5.75 Å². The van der Waals surface area contributed by atoms with Crippen LogP contribution in [0.4, 0.5) is 5.69 Å². The fraction of sp³-hybridized carbons (Fsp3) is 0.316. The molecule has 0 aliphatic rings. The van der Waals surface area contributed by atoms with E-state index in [4.69, 9.17) is 4.74 Å². The highest BCUT2D eigenvalue weighted by Crippen LogP contribution is 2.23. The van der Waals surface area contributed by atoms with Crippen LogP contribution in [0, 0.1) is 5.92 Å². The largest absolute Gasteiger partial charge is 0.495 e. The van der Waals surface area contributed by atoms with Crippen LogP contribution in [0.15, 0.2) is 54.6 Å². The number of benzene rings is 2. The van der Waals surface area contributed by atoms with E-state index in [9.17, 15) is 4.79 Å². The third-order valence-electron chi connectivity index (χ3n) is 3.69. The Kier molecular flexibility index (Phi) is 6.18. The lowest BCUT2D eigenvalue weighted by Gasteiger charge is -2.23. The Hall–Kier alpha value is -2.33. The molecule has 4 nitrogen and oxygen atoms in total. The molecule has 0 spiro atoms. The molecule has 0 radical (unpaired) electrons. The summed E-state index contributed by atoms with van der Waals surface area (Å²) < 4.78 is 5.24.